The molecule has 0 radical (unpaired) electrons. The molecule has 7 aromatic carbocycles. The quantitative estimate of drug-likeness (QED) is 0.123. The minimum absolute atomic E-state index is 0.222. The van der Waals surface area contributed by atoms with Gasteiger partial charge in [0.25, 0.3) is 31.4 Å². The van der Waals surface area contributed by atoms with Crippen molar-refractivity contribution in [1.82, 2.24) is 18.8 Å². The Balaban J connectivity index is 1.29. The fourth-order valence-corrected chi connectivity index (χ4v) is 9.46. The largest absolute Gasteiger partial charge is 0.456 e. The molecule has 0 spiro atoms. The van der Waals surface area contributed by atoms with Gasteiger partial charge in [-0.3, -0.25) is 27.5 Å². The van der Waals surface area contributed by atoms with Gasteiger partial charge in [-0.05, 0) is 71.4 Å². The Bertz CT molecular complexity index is 3720. The predicted molar refractivity (Wildman–Crippen MR) is 191 cm³/mol. The molecular weight excluding hydrogens is 697 g/mol. The van der Waals surface area contributed by atoms with E-state index in [1.54, 1.807) is 12.1 Å². The summed E-state index contributed by atoms with van der Waals surface area (Å²) < 4.78 is 76.5. The zero-order valence-corrected chi connectivity index (χ0v) is 26.9. The third-order valence-electron chi connectivity index (χ3n) is 10.4. The molecule has 0 amide bonds. The van der Waals surface area contributed by atoms with Gasteiger partial charge in [-0.1, -0.05) is 12.1 Å². The number of hydrogen-bond donors (Lipinski definition) is 2. The third kappa shape index (κ3) is 3.06. The first-order chi connectivity index (χ1) is 24.4. The maximum atomic E-state index is 14.4. The topological polar surface area (TPSA) is 191 Å². The van der Waals surface area contributed by atoms with Crippen molar-refractivity contribution in [2.75, 3.05) is 0 Å². The van der Waals surface area contributed by atoms with Crippen molar-refractivity contribution >= 4 is 129 Å². The number of pyridine rings is 2. The molecule has 0 fully saturated rings. The molecule has 15 heteroatoms. The van der Waals surface area contributed by atoms with Crippen molar-refractivity contribution < 1.29 is 30.4 Å². The highest BCUT2D eigenvalue weighted by molar-refractivity contribution is 7.86. The molecule has 0 atom stereocenters. The van der Waals surface area contributed by atoms with Crippen molar-refractivity contribution in [3.05, 3.63) is 93.5 Å². The Hall–Kier alpha value is -6.26. The number of fused-ring (bicyclic) bond motifs is 9. The Kier molecular flexibility index (Phi) is 4.43. The first-order valence-corrected chi connectivity index (χ1v) is 18.3. The molecule has 5 heterocycles. The van der Waals surface area contributed by atoms with E-state index in [4.69, 9.17) is 14.4 Å². The van der Waals surface area contributed by atoms with Crippen molar-refractivity contribution in [2.45, 2.75) is 9.79 Å². The molecule has 0 bridgehead atoms. The molecular formula is C36H14N4O9S2. The molecule has 13 nitrogen and oxygen atoms in total. The summed E-state index contributed by atoms with van der Waals surface area (Å²) in [5.41, 5.74) is 1.78. The lowest BCUT2D eigenvalue weighted by molar-refractivity contribution is 0.481. The summed E-state index contributed by atoms with van der Waals surface area (Å²) in [7, 11) is -9.10. The van der Waals surface area contributed by atoms with Gasteiger partial charge in [0.05, 0.1) is 42.6 Å². The Labute approximate surface area is 281 Å². The van der Waals surface area contributed by atoms with Crippen LogP contribution in [0.1, 0.15) is 0 Å². The van der Waals surface area contributed by atoms with Gasteiger partial charge in [0, 0.05) is 43.1 Å². The van der Waals surface area contributed by atoms with E-state index in [0.29, 0.717) is 65.8 Å². The van der Waals surface area contributed by atoms with Crippen LogP contribution < -0.4 is 11.1 Å². The number of aromatic nitrogens is 4. The molecule has 0 saturated heterocycles. The lowest BCUT2D eigenvalue weighted by atomic mass is 9.86. The Morgan fingerprint density at radius 1 is 0.490 bits per heavy atom. The van der Waals surface area contributed by atoms with Crippen molar-refractivity contribution in [1.29, 1.82) is 0 Å². The molecule has 51 heavy (non-hydrogen) atoms. The van der Waals surface area contributed by atoms with Crippen LogP contribution in [0.5, 0.6) is 0 Å². The fourth-order valence-electron chi connectivity index (χ4n) is 8.46. The SMILES string of the molecule is O=c1c2cc3oc4cc5c(=O)n6c7cc(S(=O)(=O)O)ccc7nc6c6ccc7c8ccc(c2c8c3c4c7c56)c2nc3ccc(S(=O)(=O)O)cc3n12. The average Bonchev–Trinajstić information content (AvgIpc) is 3.79. The number of furan rings is 1. The first kappa shape index (κ1) is 27.5. The van der Waals surface area contributed by atoms with Crippen LogP contribution >= 0.6 is 0 Å². The normalized spacial score (nSPS) is 13.8. The lowest BCUT2D eigenvalue weighted by Crippen LogP contribution is -2.14. The number of imidazole rings is 2. The minimum atomic E-state index is -4.55. The number of hydrogen-bond acceptors (Lipinski definition) is 9. The van der Waals surface area contributed by atoms with Crippen LogP contribution in [0.15, 0.2) is 96.6 Å². The first-order valence-electron chi connectivity index (χ1n) is 15.4. The lowest BCUT2D eigenvalue weighted by Gasteiger charge is -2.16. The predicted octanol–water partition coefficient (Wildman–Crippen LogP) is 5.92. The van der Waals surface area contributed by atoms with E-state index in [1.807, 2.05) is 24.3 Å². The summed E-state index contributed by atoms with van der Waals surface area (Å²) in [6.45, 7) is 0. The van der Waals surface area contributed by atoms with E-state index in [-0.39, 0.29) is 20.8 Å². The monoisotopic (exact) mass is 710 g/mol. The maximum Gasteiger partial charge on any atom is 0.294 e. The fraction of sp³-hybridized carbons (Fsp3) is 0. The Morgan fingerprint density at radius 2 is 0.902 bits per heavy atom. The summed E-state index contributed by atoms with van der Waals surface area (Å²) in [6, 6.07) is 18.8. The van der Waals surface area contributed by atoms with Gasteiger partial charge >= 0.3 is 0 Å². The number of rotatable bonds is 2. The van der Waals surface area contributed by atoms with Crippen LogP contribution in [0.4, 0.5) is 0 Å². The van der Waals surface area contributed by atoms with Gasteiger partial charge in [-0.15, -0.1) is 0 Å². The highest BCUT2D eigenvalue weighted by Crippen LogP contribution is 2.50. The van der Waals surface area contributed by atoms with E-state index in [2.05, 4.69) is 0 Å². The van der Waals surface area contributed by atoms with Gasteiger partial charge in [0.2, 0.25) is 0 Å². The molecule has 12 aromatic rings. The van der Waals surface area contributed by atoms with E-state index in [9.17, 15) is 35.5 Å². The molecule has 0 saturated carbocycles. The maximum absolute atomic E-state index is 14.4. The molecule has 0 unspecified atom stereocenters. The molecule has 0 aliphatic rings. The smallest absolute Gasteiger partial charge is 0.294 e. The van der Waals surface area contributed by atoms with Gasteiger partial charge in [-0.2, -0.15) is 16.8 Å². The summed E-state index contributed by atoms with van der Waals surface area (Å²) in [5, 5.41) is 8.01. The zero-order valence-electron chi connectivity index (χ0n) is 25.3. The van der Waals surface area contributed by atoms with E-state index < -0.39 is 31.4 Å². The zero-order chi connectivity index (χ0) is 34.6. The van der Waals surface area contributed by atoms with Crippen LogP contribution in [0.2, 0.25) is 0 Å². The second kappa shape index (κ2) is 8.20. The number of benzene rings is 7. The van der Waals surface area contributed by atoms with Gasteiger partial charge in [0.15, 0.2) is 0 Å². The van der Waals surface area contributed by atoms with Crippen molar-refractivity contribution in [2.24, 2.45) is 0 Å². The van der Waals surface area contributed by atoms with Gasteiger partial charge in [0.1, 0.15) is 22.5 Å². The van der Waals surface area contributed by atoms with Crippen LogP contribution in [0, 0.1) is 0 Å². The second-order valence-corrected chi connectivity index (χ2v) is 15.8. The van der Waals surface area contributed by atoms with E-state index in [1.165, 1.54) is 45.2 Å². The minimum Gasteiger partial charge on any atom is -0.456 e. The molecule has 0 aliphatic carbocycles. The molecule has 2 N–H and O–H groups in total. The van der Waals surface area contributed by atoms with Crippen LogP contribution in [-0.2, 0) is 20.2 Å². The highest BCUT2D eigenvalue weighted by Gasteiger charge is 2.29. The summed E-state index contributed by atoms with van der Waals surface area (Å²) in [4.78, 5) is 37.4. The van der Waals surface area contributed by atoms with Crippen LogP contribution in [-0.4, -0.2) is 44.7 Å². The third-order valence-corrected chi connectivity index (χ3v) is 12.1. The summed E-state index contributed by atoms with van der Waals surface area (Å²) in [5.74, 6) is 0. The molecule has 0 aliphatic heterocycles. The highest BCUT2D eigenvalue weighted by atomic mass is 32.2. The molecule has 12 rings (SSSR count). The molecule has 5 aromatic heterocycles. The van der Waals surface area contributed by atoms with Crippen LogP contribution in [0.3, 0.4) is 0 Å². The van der Waals surface area contributed by atoms with E-state index >= 15 is 0 Å². The Morgan fingerprint density at radius 3 is 1.31 bits per heavy atom. The standard InChI is InChI=1S/C36H14N4O9S2/c41-35-19-11-25-31-29-15(3-5-17(27(19)29)33-37-21-7-1-13(50(43,44)45)9-23(21)39(33)35)16-4-6-18-28-20(12-26(49-25)32(31)30(16)28)36(42)40-24-10-14(51(46,47)48)2-8-22(24)38-34(18)40/h1-12H,(H,43,44,45)(H,46,47,48). The average molecular weight is 711 g/mol. The number of nitrogens with zero attached hydrogens (tertiary/aromatic N) is 4. The molecule has 244 valence electrons. The van der Waals surface area contributed by atoms with Gasteiger partial charge in [-0.25, -0.2) is 9.97 Å². The van der Waals surface area contributed by atoms with E-state index in [0.717, 1.165) is 32.3 Å². The van der Waals surface area contributed by atoms with Crippen molar-refractivity contribution in [3.63, 3.8) is 0 Å². The van der Waals surface area contributed by atoms with Crippen LogP contribution in [0.25, 0.3) is 109 Å². The second-order valence-electron chi connectivity index (χ2n) is 12.9. The van der Waals surface area contributed by atoms with Crippen molar-refractivity contribution in [3.8, 4) is 0 Å². The summed E-state index contributed by atoms with van der Waals surface area (Å²) >= 11 is 0. The van der Waals surface area contributed by atoms with Gasteiger partial charge < -0.3 is 4.42 Å². The summed E-state index contributed by atoms with van der Waals surface area (Å²) in [6.07, 6.45) is 0.